The second kappa shape index (κ2) is 8.59. The summed E-state index contributed by atoms with van der Waals surface area (Å²) in [6.45, 7) is 2.48. The molecule has 110 valence electrons. The van der Waals surface area contributed by atoms with E-state index in [4.69, 9.17) is 9.84 Å². The molecule has 0 aliphatic heterocycles. The van der Waals surface area contributed by atoms with Crippen molar-refractivity contribution in [2.75, 3.05) is 30.3 Å². The Morgan fingerprint density at radius 1 is 1.40 bits per heavy atom. The Bertz CT molecular complexity index is 572. The maximum absolute atomic E-state index is 11.8. The number of ether oxygens (including phenoxy) is 1. The van der Waals surface area contributed by atoms with E-state index in [9.17, 15) is 8.42 Å². The summed E-state index contributed by atoms with van der Waals surface area (Å²) >= 11 is 0. The molecule has 0 heterocycles. The van der Waals surface area contributed by atoms with Crippen LogP contribution in [0, 0.1) is 11.8 Å². The van der Waals surface area contributed by atoms with Crippen LogP contribution in [0.5, 0.6) is 0 Å². The van der Waals surface area contributed by atoms with Crippen molar-refractivity contribution in [3.8, 4) is 11.8 Å². The Kier molecular flexibility index (Phi) is 7.09. The molecule has 1 aromatic carbocycles. The molecule has 0 fully saturated rings. The van der Waals surface area contributed by atoms with Gasteiger partial charge in [0.2, 0.25) is 10.0 Å². The van der Waals surface area contributed by atoms with Gasteiger partial charge in [0, 0.05) is 24.3 Å². The van der Waals surface area contributed by atoms with Gasteiger partial charge in [-0.2, -0.15) is 0 Å². The molecule has 0 aliphatic carbocycles. The van der Waals surface area contributed by atoms with Crippen LogP contribution in [-0.4, -0.2) is 39.1 Å². The van der Waals surface area contributed by atoms with Crippen LogP contribution in [0.1, 0.15) is 18.9 Å². The van der Waals surface area contributed by atoms with Crippen LogP contribution >= 0.6 is 0 Å². The highest BCUT2D eigenvalue weighted by Crippen LogP contribution is 2.11. The fourth-order valence-electron chi connectivity index (χ4n) is 1.42. The molecule has 2 N–H and O–H groups in total. The molecule has 0 aliphatic rings. The number of nitrogens with one attached hydrogen (secondary N) is 1. The van der Waals surface area contributed by atoms with Crippen molar-refractivity contribution in [3.05, 3.63) is 29.8 Å². The minimum Gasteiger partial charge on any atom is -0.395 e. The fraction of sp³-hybridized carbons (Fsp3) is 0.429. The topological polar surface area (TPSA) is 75.6 Å². The van der Waals surface area contributed by atoms with Crippen molar-refractivity contribution in [2.45, 2.75) is 13.3 Å². The predicted molar refractivity (Wildman–Crippen MR) is 78.9 cm³/mol. The first kappa shape index (κ1) is 16.5. The first-order valence-electron chi connectivity index (χ1n) is 6.35. The first-order valence-corrected chi connectivity index (χ1v) is 8.00. The highest BCUT2D eigenvalue weighted by molar-refractivity contribution is 7.92. The highest BCUT2D eigenvalue weighted by atomic mass is 32.2. The predicted octanol–water partition coefficient (Wildman–Crippen LogP) is 1.20. The highest BCUT2D eigenvalue weighted by Gasteiger charge is 2.10. The van der Waals surface area contributed by atoms with Gasteiger partial charge in [0.15, 0.2) is 0 Å². The number of aliphatic hydroxyl groups excluding tert-OH is 1. The summed E-state index contributed by atoms with van der Waals surface area (Å²) in [5, 5.41) is 8.65. The maximum atomic E-state index is 11.8. The lowest BCUT2D eigenvalue weighted by Crippen LogP contribution is -2.20. The quantitative estimate of drug-likeness (QED) is 0.586. The number of anilines is 1. The normalized spacial score (nSPS) is 10.7. The number of rotatable bonds is 7. The third-order valence-electron chi connectivity index (χ3n) is 2.31. The molecule has 1 aromatic rings. The molecule has 0 aromatic heterocycles. The zero-order valence-electron chi connectivity index (χ0n) is 11.4. The van der Waals surface area contributed by atoms with Crippen LogP contribution in [0.25, 0.3) is 0 Å². The van der Waals surface area contributed by atoms with Crippen LogP contribution in [0.4, 0.5) is 5.69 Å². The smallest absolute Gasteiger partial charge is 0.235 e. The molecule has 0 saturated heterocycles. The van der Waals surface area contributed by atoms with Gasteiger partial charge in [0.05, 0.1) is 19.0 Å². The number of hydrogen-bond acceptors (Lipinski definition) is 4. The molecule has 20 heavy (non-hydrogen) atoms. The summed E-state index contributed by atoms with van der Waals surface area (Å²) in [7, 11) is -3.41. The largest absolute Gasteiger partial charge is 0.395 e. The van der Waals surface area contributed by atoms with Gasteiger partial charge < -0.3 is 9.84 Å². The lowest BCUT2D eigenvalue weighted by molar-refractivity contribution is 0.163. The van der Waals surface area contributed by atoms with E-state index in [1.165, 1.54) is 0 Å². The summed E-state index contributed by atoms with van der Waals surface area (Å²) in [4.78, 5) is 0. The molecule has 6 heteroatoms. The van der Waals surface area contributed by atoms with E-state index in [2.05, 4.69) is 16.6 Å². The minimum atomic E-state index is -3.41. The number of aliphatic hydroxyl groups is 1. The molecule has 1 rings (SSSR count). The Balaban J connectivity index is 2.68. The minimum absolute atomic E-state index is 0.0107. The third kappa shape index (κ3) is 6.57. The monoisotopic (exact) mass is 297 g/mol. The lowest BCUT2D eigenvalue weighted by Gasteiger charge is -2.08. The van der Waals surface area contributed by atoms with Gasteiger partial charge in [0.1, 0.15) is 0 Å². The van der Waals surface area contributed by atoms with Gasteiger partial charge in [-0.15, -0.1) is 0 Å². The molecule has 0 spiro atoms. The zero-order valence-corrected chi connectivity index (χ0v) is 12.2. The average molecular weight is 297 g/mol. The van der Waals surface area contributed by atoms with Gasteiger partial charge in [-0.1, -0.05) is 17.9 Å². The van der Waals surface area contributed by atoms with Crippen molar-refractivity contribution in [1.29, 1.82) is 0 Å². The van der Waals surface area contributed by atoms with Crippen molar-refractivity contribution >= 4 is 15.7 Å². The van der Waals surface area contributed by atoms with Gasteiger partial charge in [-0.05, 0) is 25.1 Å². The number of sulfonamides is 1. The van der Waals surface area contributed by atoms with Crippen LogP contribution in [0.15, 0.2) is 24.3 Å². The van der Waals surface area contributed by atoms with Gasteiger partial charge in [-0.3, -0.25) is 4.72 Å². The number of hydrogen-bond donors (Lipinski definition) is 2. The standard InChI is InChI=1S/C14H19NO4S/c1-2-19-10-11-20(17,18)15-14-8-5-7-13(12-14)6-3-4-9-16/h5,7-8,12,15-16H,2,4,9-11H2,1H3. The van der Waals surface area contributed by atoms with Gasteiger partial charge in [0.25, 0.3) is 0 Å². The molecule has 0 saturated carbocycles. The lowest BCUT2D eigenvalue weighted by atomic mass is 10.2. The average Bonchev–Trinajstić information content (AvgIpc) is 2.39. The van der Waals surface area contributed by atoms with E-state index in [1.54, 1.807) is 24.3 Å². The Morgan fingerprint density at radius 3 is 2.90 bits per heavy atom. The Labute approximate surface area is 120 Å². The molecule has 0 unspecified atom stereocenters. The molecular formula is C14H19NO4S. The Morgan fingerprint density at radius 2 is 2.20 bits per heavy atom. The molecule has 0 amide bonds. The molecular weight excluding hydrogens is 278 g/mol. The van der Waals surface area contributed by atoms with Gasteiger partial charge >= 0.3 is 0 Å². The van der Waals surface area contributed by atoms with Crippen LogP contribution in [0.2, 0.25) is 0 Å². The summed E-state index contributed by atoms with van der Waals surface area (Å²) in [6.07, 6.45) is 0.393. The van der Waals surface area contributed by atoms with E-state index in [-0.39, 0.29) is 19.0 Å². The van der Waals surface area contributed by atoms with E-state index in [1.807, 2.05) is 6.92 Å². The Hall–Kier alpha value is -1.55. The molecule has 0 radical (unpaired) electrons. The SMILES string of the molecule is CCOCCS(=O)(=O)Nc1cccc(C#CCCO)c1. The second-order valence-electron chi connectivity index (χ2n) is 3.97. The molecule has 0 bridgehead atoms. The first-order chi connectivity index (χ1) is 9.57. The summed E-state index contributed by atoms with van der Waals surface area (Å²) in [6, 6.07) is 6.82. The van der Waals surface area contributed by atoms with Gasteiger partial charge in [-0.25, -0.2) is 8.42 Å². The summed E-state index contributed by atoms with van der Waals surface area (Å²) < 4.78 is 31.1. The fourth-order valence-corrected chi connectivity index (χ4v) is 2.35. The summed E-state index contributed by atoms with van der Waals surface area (Å²) in [5.74, 6) is 5.56. The van der Waals surface area contributed by atoms with Crippen molar-refractivity contribution in [3.63, 3.8) is 0 Å². The zero-order chi connectivity index (χ0) is 14.8. The van der Waals surface area contributed by atoms with E-state index in [0.29, 0.717) is 24.3 Å². The third-order valence-corrected chi connectivity index (χ3v) is 3.56. The van der Waals surface area contributed by atoms with Crippen LogP contribution < -0.4 is 4.72 Å². The molecule has 0 atom stereocenters. The molecule has 5 nitrogen and oxygen atoms in total. The van der Waals surface area contributed by atoms with E-state index < -0.39 is 10.0 Å². The van der Waals surface area contributed by atoms with Crippen LogP contribution in [0.3, 0.4) is 0 Å². The van der Waals surface area contributed by atoms with Crippen molar-refractivity contribution in [2.24, 2.45) is 0 Å². The maximum Gasteiger partial charge on any atom is 0.235 e. The van der Waals surface area contributed by atoms with Crippen molar-refractivity contribution < 1.29 is 18.3 Å². The van der Waals surface area contributed by atoms with E-state index in [0.717, 1.165) is 0 Å². The number of benzene rings is 1. The van der Waals surface area contributed by atoms with Crippen LogP contribution in [-0.2, 0) is 14.8 Å². The van der Waals surface area contributed by atoms with E-state index >= 15 is 0 Å². The van der Waals surface area contributed by atoms with Crippen molar-refractivity contribution in [1.82, 2.24) is 0 Å². The summed E-state index contributed by atoms with van der Waals surface area (Å²) in [5.41, 5.74) is 1.17. The second-order valence-corrected chi connectivity index (χ2v) is 5.82.